The summed E-state index contributed by atoms with van der Waals surface area (Å²) in [5.74, 6) is -1.09. The maximum Gasteiger partial charge on any atom is 0.304 e. The number of hydrogen-bond donors (Lipinski definition) is 2. The lowest BCUT2D eigenvalue weighted by Crippen LogP contribution is -2.44. The van der Waals surface area contributed by atoms with Crippen molar-refractivity contribution < 1.29 is 19.8 Å². The Morgan fingerprint density at radius 3 is 2.48 bits per heavy atom. The van der Waals surface area contributed by atoms with E-state index in [0.717, 1.165) is 15.8 Å². The number of aromatic nitrogens is 1. The summed E-state index contributed by atoms with van der Waals surface area (Å²) >= 11 is 1.29. The largest absolute Gasteiger partial charge is 0.508 e. The first-order chi connectivity index (χ1) is 12.9. The first-order valence-corrected chi connectivity index (χ1v) is 9.36. The van der Waals surface area contributed by atoms with Crippen LogP contribution < -0.4 is 4.90 Å². The number of carboxylic acid groups (broad SMARTS) is 1. The zero-order valence-corrected chi connectivity index (χ0v) is 15.5. The standard InChI is InChI=1S/C20H18N2O4S/c1-22(19-21-15-7-6-14(23)8-16(15)27-19)18(26)20(11-17(24)25)9-12-4-2-3-5-13(12)10-20/h2-8,23H,9-11H2,1H3,(H,24,25). The van der Waals surface area contributed by atoms with Crippen molar-refractivity contribution in [3.05, 3.63) is 53.6 Å². The van der Waals surface area contributed by atoms with E-state index in [1.807, 2.05) is 24.3 Å². The lowest BCUT2D eigenvalue weighted by Gasteiger charge is -2.30. The molecule has 0 radical (unpaired) electrons. The molecule has 138 valence electrons. The van der Waals surface area contributed by atoms with Gasteiger partial charge in [0, 0.05) is 7.05 Å². The predicted octanol–water partition coefficient (Wildman–Crippen LogP) is 3.22. The van der Waals surface area contributed by atoms with Crippen molar-refractivity contribution in [2.75, 3.05) is 11.9 Å². The van der Waals surface area contributed by atoms with Crippen molar-refractivity contribution in [3.63, 3.8) is 0 Å². The van der Waals surface area contributed by atoms with Gasteiger partial charge in [-0.25, -0.2) is 4.98 Å². The number of carboxylic acids is 1. The van der Waals surface area contributed by atoms with Crippen LogP contribution in [0, 0.1) is 5.41 Å². The van der Waals surface area contributed by atoms with Gasteiger partial charge in [-0.15, -0.1) is 0 Å². The molecule has 2 aromatic carbocycles. The highest BCUT2D eigenvalue weighted by atomic mass is 32.1. The number of phenolic OH excluding ortho intramolecular Hbond substituents is 1. The van der Waals surface area contributed by atoms with E-state index in [1.54, 1.807) is 25.2 Å². The zero-order valence-electron chi connectivity index (χ0n) is 14.7. The smallest absolute Gasteiger partial charge is 0.304 e. The second-order valence-corrected chi connectivity index (χ2v) is 7.99. The number of phenols is 1. The van der Waals surface area contributed by atoms with Crippen LogP contribution >= 0.6 is 11.3 Å². The molecule has 0 atom stereocenters. The van der Waals surface area contributed by atoms with E-state index >= 15 is 0 Å². The quantitative estimate of drug-likeness (QED) is 0.723. The van der Waals surface area contributed by atoms with Gasteiger partial charge in [-0.2, -0.15) is 0 Å². The molecule has 2 N–H and O–H groups in total. The number of carbonyl (C=O) groups is 2. The highest BCUT2D eigenvalue weighted by Gasteiger charge is 2.47. The van der Waals surface area contributed by atoms with Crippen LogP contribution in [0.15, 0.2) is 42.5 Å². The summed E-state index contributed by atoms with van der Waals surface area (Å²) in [4.78, 5) is 30.9. The second kappa shape index (κ2) is 6.35. The molecule has 1 amide bonds. The van der Waals surface area contributed by atoms with Crippen LogP contribution in [-0.4, -0.2) is 34.1 Å². The van der Waals surface area contributed by atoms with Gasteiger partial charge in [0.15, 0.2) is 5.13 Å². The first kappa shape index (κ1) is 17.5. The third-order valence-corrected chi connectivity index (χ3v) is 6.17. The summed E-state index contributed by atoms with van der Waals surface area (Å²) in [6.07, 6.45) is 0.588. The molecule has 0 saturated carbocycles. The van der Waals surface area contributed by atoms with Crippen molar-refractivity contribution in [1.82, 2.24) is 4.98 Å². The number of aromatic hydroxyl groups is 1. The molecule has 0 unspecified atom stereocenters. The number of anilines is 1. The van der Waals surface area contributed by atoms with Crippen LogP contribution in [0.5, 0.6) is 5.75 Å². The Morgan fingerprint density at radius 2 is 1.85 bits per heavy atom. The van der Waals surface area contributed by atoms with Gasteiger partial charge in [0.25, 0.3) is 0 Å². The number of benzene rings is 2. The normalized spacial score (nSPS) is 14.9. The Kier molecular flexibility index (Phi) is 4.11. The van der Waals surface area contributed by atoms with Crippen molar-refractivity contribution in [2.45, 2.75) is 19.3 Å². The third-order valence-electron chi connectivity index (χ3n) is 5.07. The summed E-state index contributed by atoms with van der Waals surface area (Å²) in [5.41, 5.74) is 1.73. The molecular weight excluding hydrogens is 364 g/mol. The lowest BCUT2D eigenvalue weighted by atomic mass is 9.80. The minimum Gasteiger partial charge on any atom is -0.508 e. The average molecular weight is 382 g/mol. The Bertz CT molecular complexity index is 1030. The molecule has 1 aliphatic rings. The number of rotatable bonds is 4. The average Bonchev–Trinajstić information content (AvgIpc) is 3.20. The number of thiazole rings is 1. The number of amides is 1. The molecule has 27 heavy (non-hydrogen) atoms. The van der Waals surface area contributed by atoms with Gasteiger partial charge in [0.1, 0.15) is 5.75 Å². The number of aliphatic carboxylic acids is 1. The zero-order chi connectivity index (χ0) is 19.2. The maximum atomic E-state index is 13.4. The van der Waals surface area contributed by atoms with E-state index < -0.39 is 11.4 Å². The summed E-state index contributed by atoms with van der Waals surface area (Å²) in [6.45, 7) is 0. The summed E-state index contributed by atoms with van der Waals surface area (Å²) in [5, 5.41) is 19.6. The summed E-state index contributed by atoms with van der Waals surface area (Å²) in [6, 6.07) is 12.6. The predicted molar refractivity (Wildman–Crippen MR) is 103 cm³/mol. The van der Waals surface area contributed by atoms with Gasteiger partial charge in [0.05, 0.1) is 22.1 Å². The Labute approximate surface area is 159 Å². The van der Waals surface area contributed by atoms with Crippen LogP contribution in [0.1, 0.15) is 17.5 Å². The summed E-state index contributed by atoms with van der Waals surface area (Å²) in [7, 11) is 1.63. The van der Waals surface area contributed by atoms with Crippen LogP contribution in [-0.2, 0) is 22.4 Å². The van der Waals surface area contributed by atoms with Gasteiger partial charge in [0.2, 0.25) is 5.91 Å². The van der Waals surface area contributed by atoms with Crippen LogP contribution in [0.2, 0.25) is 0 Å². The molecule has 7 heteroatoms. The highest BCUT2D eigenvalue weighted by molar-refractivity contribution is 7.22. The van der Waals surface area contributed by atoms with E-state index in [2.05, 4.69) is 4.98 Å². The molecule has 0 aliphatic heterocycles. The number of hydrogen-bond acceptors (Lipinski definition) is 5. The minimum absolute atomic E-state index is 0.139. The number of nitrogens with zero attached hydrogens (tertiary/aromatic N) is 2. The molecule has 1 aliphatic carbocycles. The van der Waals surface area contributed by atoms with E-state index in [9.17, 15) is 19.8 Å². The van der Waals surface area contributed by atoms with Crippen LogP contribution in [0.4, 0.5) is 5.13 Å². The molecule has 1 aromatic heterocycles. The van der Waals surface area contributed by atoms with Gasteiger partial charge < -0.3 is 10.2 Å². The van der Waals surface area contributed by atoms with Crippen molar-refractivity contribution in [1.29, 1.82) is 0 Å². The minimum atomic E-state index is -1.01. The van der Waals surface area contributed by atoms with Crippen molar-refractivity contribution in [2.24, 2.45) is 5.41 Å². The van der Waals surface area contributed by atoms with Crippen LogP contribution in [0.25, 0.3) is 10.2 Å². The van der Waals surface area contributed by atoms with Crippen molar-refractivity contribution >= 4 is 38.6 Å². The molecule has 1 heterocycles. The van der Waals surface area contributed by atoms with E-state index in [0.29, 0.717) is 23.5 Å². The molecule has 4 rings (SSSR count). The molecule has 0 spiro atoms. The monoisotopic (exact) mass is 382 g/mol. The van der Waals surface area contributed by atoms with Gasteiger partial charge in [-0.3, -0.25) is 14.5 Å². The van der Waals surface area contributed by atoms with Gasteiger partial charge in [-0.05, 0) is 42.2 Å². The molecule has 3 aromatic rings. The SMILES string of the molecule is CN(C(=O)C1(CC(=O)O)Cc2ccccc2C1)c1nc2ccc(O)cc2s1. The topological polar surface area (TPSA) is 90.7 Å². The fourth-order valence-corrected chi connectivity index (χ4v) is 4.78. The Hall–Kier alpha value is -2.93. The fourth-order valence-electron chi connectivity index (χ4n) is 3.82. The molecule has 0 bridgehead atoms. The van der Waals surface area contributed by atoms with Gasteiger partial charge in [-0.1, -0.05) is 35.6 Å². The number of fused-ring (bicyclic) bond motifs is 2. The third kappa shape index (κ3) is 3.04. The lowest BCUT2D eigenvalue weighted by molar-refractivity contribution is -0.144. The first-order valence-electron chi connectivity index (χ1n) is 8.54. The van der Waals surface area contributed by atoms with E-state index in [1.165, 1.54) is 16.2 Å². The summed E-state index contributed by atoms with van der Waals surface area (Å²) < 4.78 is 0.770. The fraction of sp³-hybridized carbons (Fsp3) is 0.250. The number of carbonyl (C=O) groups excluding carboxylic acids is 1. The van der Waals surface area contributed by atoms with E-state index in [-0.39, 0.29) is 18.1 Å². The maximum absolute atomic E-state index is 13.4. The van der Waals surface area contributed by atoms with E-state index in [4.69, 9.17) is 0 Å². The molecular formula is C20H18N2O4S. The highest BCUT2D eigenvalue weighted by Crippen LogP contribution is 2.42. The molecule has 0 saturated heterocycles. The molecule has 0 fully saturated rings. The second-order valence-electron chi connectivity index (χ2n) is 6.99. The Balaban J connectivity index is 1.70. The van der Waals surface area contributed by atoms with Crippen LogP contribution in [0.3, 0.4) is 0 Å². The molecule has 6 nitrogen and oxygen atoms in total. The Morgan fingerprint density at radius 1 is 1.19 bits per heavy atom. The van der Waals surface area contributed by atoms with Crippen molar-refractivity contribution in [3.8, 4) is 5.75 Å². The van der Waals surface area contributed by atoms with Gasteiger partial charge >= 0.3 is 5.97 Å².